The van der Waals surface area contributed by atoms with E-state index in [1.807, 2.05) is 0 Å². The van der Waals surface area contributed by atoms with Crippen LogP contribution in [0.15, 0.2) is 59.7 Å². The Labute approximate surface area is 247 Å². The fourth-order valence-electron chi connectivity index (χ4n) is 4.87. The van der Waals surface area contributed by atoms with Crippen LogP contribution < -0.4 is 15.6 Å². The topological polar surface area (TPSA) is 99.5 Å². The molecule has 1 unspecified atom stereocenters. The van der Waals surface area contributed by atoms with E-state index in [1.54, 1.807) is 28.8 Å². The number of carbonyl (C=O) groups excluding carboxylic acids is 2. The van der Waals surface area contributed by atoms with Gasteiger partial charge >= 0.3 is 17.7 Å². The van der Waals surface area contributed by atoms with Gasteiger partial charge in [0.15, 0.2) is 0 Å². The first-order chi connectivity index (χ1) is 20.4. The lowest BCUT2D eigenvalue weighted by Crippen LogP contribution is -2.51. The minimum absolute atomic E-state index is 0.0284. The summed E-state index contributed by atoms with van der Waals surface area (Å²) in [6, 6.07) is 12.1. The van der Waals surface area contributed by atoms with Crippen LogP contribution in [0.25, 0.3) is 10.9 Å². The summed E-state index contributed by atoms with van der Waals surface area (Å²) < 4.78 is 26.7. The third kappa shape index (κ3) is 9.67. The summed E-state index contributed by atoms with van der Waals surface area (Å²) in [4.78, 5) is 42.6. The molecule has 42 heavy (non-hydrogen) atoms. The van der Waals surface area contributed by atoms with Gasteiger partial charge in [-0.15, -0.1) is 0 Å². The van der Waals surface area contributed by atoms with Gasteiger partial charge in [-0.25, -0.2) is 9.78 Å². The lowest BCUT2D eigenvalue weighted by molar-refractivity contribution is -0.181. The summed E-state index contributed by atoms with van der Waals surface area (Å²) in [6.45, 7) is 2.78. The number of alkyl halides is 1. The number of methoxy groups -OCH3 is 1. The molecule has 9 heteroatoms. The van der Waals surface area contributed by atoms with E-state index in [2.05, 4.69) is 22.0 Å². The molecule has 0 radical (unpaired) electrons. The Morgan fingerprint density at radius 3 is 2.07 bits per heavy atom. The zero-order valence-electron chi connectivity index (χ0n) is 24.9. The molecular weight excluding hydrogens is 537 g/mol. The molecule has 1 N–H and O–H groups in total. The number of anilines is 1. The maximum Gasteiger partial charge on any atom is 0.425 e. The predicted molar refractivity (Wildman–Crippen MR) is 163 cm³/mol. The Hall–Kier alpha value is -3.75. The molecule has 0 aliphatic carbocycles. The SMILES string of the molecule is CCCCCCCCCCCCCCCn1cnc2ccc(NC(=O)C(F)(Oc3ccccc3)C(=O)OC)cc2c1=O. The van der Waals surface area contributed by atoms with Gasteiger partial charge in [0.25, 0.3) is 5.56 Å². The van der Waals surface area contributed by atoms with Crippen molar-refractivity contribution in [3.8, 4) is 5.75 Å². The van der Waals surface area contributed by atoms with Crippen LogP contribution in [0.1, 0.15) is 90.4 Å². The summed E-state index contributed by atoms with van der Waals surface area (Å²) in [6.07, 6.45) is 17.7. The molecule has 3 aromatic rings. The number of fused-ring (bicyclic) bond motifs is 1. The number of esters is 1. The number of benzene rings is 2. The molecule has 3 rings (SSSR count). The average molecular weight is 582 g/mol. The normalized spacial score (nSPS) is 12.5. The van der Waals surface area contributed by atoms with Crippen LogP contribution in [-0.4, -0.2) is 34.4 Å². The smallest absolute Gasteiger partial charge is 0.425 e. The van der Waals surface area contributed by atoms with Crippen LogP contribution in [0.3, 0.4) is 0 Å². The van der Waals surface area contributed by atoms with E-state index in [1.165, 1.54) is 94.8 Å². The highest BCUT2D eigenvalue weighted by molar-refractivity contribution is 6.11. The number of aromatic nitrogens is 2. The molecule has 228 valence electrons. The number of carbonyl (C=O) groups is 2. The monoisotopic (exact) mass is 581 g/mol. The molecule has 1 heterocycles. The maximum atomic E-state index is 15.6. The maximum absolute atomic E-state index is 15.6. The van der Waals surface area contributed by atoms with Crippen LogP contribution in [0.5, 0.6) is 5.75 Å². The molecule has 1 aromatic heterocycles. The van der Waals surface area contributed by atoms with Gasteiger partial charge < -0.3 is 14.8 Å². The molecule has 8 nitrogen and oxygen atoms in total. The molecule has 2 aromatic carbocycles. The number of ether oxygens (including phenoxy) is 2. The van der Waals surface area contributed by atoms with Crippen molar-refractivity contribution in [1.29, 1.82) is 0 Å². The van der Waals surface area contributed by atoms with E-state index in [9.17, 15) is 14.4 Å². The highest BCUT2D eigenvalue weighted by Crippen LogP contribution is 2.24. The molecule has 0 fully saturated rings. The minimum Gasteiger partial charge on any atom is -0.463 e. The van der Waals surface area contributed by atoms with Crippen molar-refractivity contribution in [2.45, 2.75) is 103 Å². The lowest BCUT2D eigenvalue weighted by Gasteiger charge is -2.22. The zero-order valence-corrected chi connectivity index (χ0v) is 24.9. The summed E-state index contributed by atoms with van der Waals surface area (Å²) in [5, 5.41) is 2.61. The second-order valence-electron chi connectivity index (χ2n) is 10.7. The molecule has 0 aliphatic rings. The molecule has 1 atom stereocenters. The highest BCUT2D eigenvalue weighted by Gasteiger charge is 2.51. The van der Waals surface area contributed by atoms with Gasteiger partial charge in [0.1, 0.15) is 5.75 Å². The number of hydrogen-bond donors (Lipinski definition) is 1. The first-order valence-corrected chi connectivity index (χ1v) is 15.2. The van der Waals surface area contributed by atoms with Crippen molar-refractivity contribution >= 4 is 28.5 Å². The van der Waals surface area contributed by atoms with Crippen LogP contribution in [0, 0.1) is 0 Å². The number of unbranched alkanes of at least 4 members (excludes halogenated alkanes) is 12. The molecular formula is C33H44FN3O5. The Balaban J connectivity index is 1.51. The Kier molecular flexibility index (Phi) is 13.5. The lowest BCUT2D eigenvalue weighted by atomic mass is 10.0. The van der Waals surface area contributed by atoms with Crippen LogP contribution in [0.4, 0.5) is 10.1 Å². The Morgan fingerprint density at radius 1 is 0.881 bits per heavy atom. The number of nitrogens with zero attached hydrogens (tertiary/aromatic N) is 2. The van der Waals surface area contributed by atoms with Crippen molar-refractivity contribution in [2.24, 2.45) is 0 Å². The number of halogens is 1. The average Bonchev–Trinajstić information content (AvgIpc) is 3.00. The van der Waals surface area contributed by atoms with E-state index < -0.39 is 17.7 Å². The quantitative estimate of drug-likeness (QED) is 0.0903. The highest BCUT2D eigenvalue weighted by atomic mass is 19.2. The van der Waals surface area contributed by atoms with Gasteiger partial charge in [0, 0.05) is 12.2 Å². The van der Waals surface area contributed by atoms with E-state index in [-0.39, 0.29) is 22.4 Å². The van der Waals surface area contributed by atoms with Crippen LogP contribution in [-0.2, 0) is 20.9 Å². The second kappa shape index (κ2) is 17.3. The fraction of sp³-hybridized carbons (Fsp3) is 0.515. The van der Waals surface area contributed by atoms with Crippen molar-refractivity contribution < 1.29 is 23.5 Å². The Morgan fingerprint density at radius 2 is 1.48 bits per heavy atom. The van der Waals surface area contributed by atoms with E-state index in [0.717, 1.165) is 26.4 Å². The van der Waals surface area contributed by atoms with Gasteiger partial charge in [-0.3, -0.25) is 14.2 Å². The molecule has 0 spiro atoms. The predicted octanol–water partition coefficient (Wildman–Crippen LogP) is 7.34. The van der Waals surface area contributed by atoms with Crippen molar-refractivity contribution in [2.75, 3.05) is 12.4 Å². The number of rotatable bonds is 19. The van der Waals surface area contributed by atoms with Crippen molar-refractivity contribution in [3.05, 3.63) is 65.2 Å². The standard InChI is InChI=1S/C33H44FN3O5/c1-3-4-5-6-7-8-9-10-11-12-13-14-18-23-37-25-35-29-22-21-26(24-28(29)30(37)38)36-31(39)33(34,32(40)41-2)42-27-19-16-15-17-20-27/h15-17,19-22,24-25H,3-14,18,23H2,1-2H3,(H,36,39). The molecule has 0 saturated carbocycles. The number of amides is 1. The molecule has 0 aliphatic heterocycles. The van der Waals surface area contributed by atoms with Crippen LogP contribution in [0.2, 0.25) is 0 Å². The van der Waals surface area contributed by atoms with E-state index in [0.29, 0.717) is 12.1 Å². The van der Waals surface area contributed by atoms with Gasteiger partial charge in [0.05, 0.1) is 24.3 Å². The summed E-state index contributed by atoms with van der Waals surface area (Å²) in [5.74, 6) is -6.35. The second-order valence-corrected chi connectivity index (χ2v) is 10.7. The number of aryl methyl sites for hydroxylation is 1. The molecule has 0 bridgehead atoms. The van der Waals surface area contributed by atoms with Crippen molar-refractivity contribution in [3.63, 3.8) is 0 Å². The number of nitrogens with one attached hydrogen (secondary N) is 1. The largest absolute Gasteiger partial charge is 0.463 e. The summed E-state index contributed by atoms with van der Waals surface area (Å²) >= 11 is 0. The van der Waals surface area contributed by atoms with E-state index in [4.69, 9.17) is 4.74 Å². The van der Waals surface area contributed by atoms with Crippen LogP contribution >= 0.6 is 0 Å². The third-order valence-electron chi connectivity index (χ3n) is 7.33. The zero-order chi connectivity index (χ0) is 30.2. The van der Waals surface area contributed by atoms with Gasteiger partial charge in [-0.05, 0) is 36.8 Å². The minimum atomic E-state index is -3.44. The summed E-state index contributed by atoms with van der Waals surface area (Å²) in [7, 11) is 0.958. The third-order valence-corrected chi connectivity index (χ3v) is 7.33. The first-order valence-electron chi connectivity index (χ1n) is 15.2. The number of hydrogen-bond acceptors (Lipinski definition) is 6. The van der Waals surface area contributed by atoms with Gasteiger partial charge in [-0.1, -0.05) is 102 Å². The molecule has 1 amide bonds. The summed E-state index contributed by atoms with van der Waals surface area (Å²) in [5.41, 5.74) is 0.308. The van der Waals surface area contributed by atoms with Crippen molar-refractivity contribution in [1.82, 2.24) is 9.55 Å². The van der Waals surface area contributed by atoms with Gasteiger partial charge in [0.2, 0.25) is 0 Å². The Bertz CT molecular complexity index is 1330. The fourth-order valence-corrected chi connectivity index (χ4v) is 4.87. The van der Waals surface area contributed by atoms with E-state index >= 15 is 4.39 Å². The molecule has 0 saturated heterocycles. The number of para-hydroxylation sites is 1. The van der Waals surface area contributed by atoms with Gasteiger partial charge in [-0.2, -0.15) is 4.39 Å². The first kappa shape index (κ1) is 32.8.